The van der Waals surface area contributed by atoms with Crippen molar-refractivity contribution in [1.29, 1.82) is 0 Å². The summed E-state index contributed by atoms with van der Waals surface area (Å²) in [6, 6.07) is 5.18. The van der Waals surface area contributed by atoms with Gasteiger partial charge in [-0.05, 0) is 25.8 Å². The summed E-state index contributed by atoms with van der Waals surface area (Å²) < 4.78 is 18.7. The van der Waals surface area contributed by atoms with E-state index < -0.39 is 0 Å². The van der Waals surface area contributed by atoms with Crippen molar-refractivity contribution in [2.24, 2.45) is 0 Å². The van der Waals surface area contributed by atoms with Crippen molar-refractivity contribution >= 4 is 0 Å². The first-order valence-corrected chi connectivity index (χ1v) is 4.50. The molecule has 1 aromatic rings. The van der Waals surface area contributed by atoms with Gasteiger partial charge in [-0.1, -0.05) is 17.7 Å². The van der Waals surface area contributed by atoms with Crippen LogP contribution in [0.2, 0.25) is 0 Å². The first kappa shape index (κ1) is 8.70. The number of benzene rings is 1. The minimum absolute atomic E-state index is 0.148. The molecule has 0 bridgehead atoms. The molecule has 2 heteroatoms. The molecule has 0 radical (unpaired) electrons. The normalized spacial score (nSPS) is 18.7. The topological polar surface area (TPSA) is 9.23 Å². The highest BCUT2D eigenvalue weighted by Crippen LogP contribution is 2.49. The third kappa shape index (κ3) is 1.35. The van der Waals surface area contributed by atoms with E-state index in [1.54, 1.807) is 13.2 Å². The van der Waals surface area contributed by atoms with Gasteiger partial charge in [-0.3, -0.25) is 0 Å². The summed E-state index contributed by atoms with van der Waals surface area (Å²) in [5, 5.41) is 0. The van der Waals surface area contributed by atoms with Gasteiger partial charge >= 0.3 is 0 Å². The molecular weight excluding hydrogens is 167 g/mol. The average Bonchev–Trinajstić information content (AvgIpc) is 2.90. The van der Waals surface area contributed by atoms with Crippen LogP contribution in [0.3, 0.4) is 0 Å². The van der Waals surface area contributed by atoms with Gasteiger partial charge in [0.05, 0.1) is 5.60 Å². The van der Waals surface area contributed by atoms with Crippen molar-refractivity contribution in [3.05, 3.63) is 35.1 Å². The largest absolute Gasteiger partial charge is 0.373 e. The zero-order valence-corrected chi connectivity index (χ0v) is 7.93. The minimum Gasteiger partial charge on any atom is -0.373 e. The molecule has 0 aliphatic heterocycles. The summed E-state index contributed by atoms with van der Waals surface area (Å²) in [5.74, 6) is -0.148. The number of rotatable bonds is 2. The van der Waals surface area contributed by atoms with Crippen molar-refractivity contribution < 1.29 is 9.13 Å². The van der Waals surface area contributed by atoms with E-state index in [2.05, 4.69) is 0 Å². The van der Waals surface area contributed by atoms with E-state index >= 15 is 0 Å². The Labute approximate surface area is 77.5 Å². The summed E-state index contributed by atoms with van der Waals surface area (Å²) in [7, 11) is 1.65. The van der Waals surface area contributed by atoms with E-state index in [1.165, 1.54) is 6.07 Å². The quantitative estimate of drug-likeness (QED) is 0.680. The number of halogens is 1. The van der Waals surface area contributed by atoms with E-state index in [9.17, 15) is 4.39 Å². The second-order valence-corrected chi connectivity index (χ2v) is 3.68. The molecule has 13 heavy (non-hydrogen) atoms. The molecule has 1 saturated carbocycles. The highest BCUT2D eigenvalue weighted by Gasteiger charge is 2.46. The highest BCUT2D eigenvalue weighted by atomic mass is 19.1. The molecule has 2 rings (SSSR count). The van der Waals surface area contributed by atoms with Crippen LogP contribution in [0.5, 0.6) is 0 Å². The number of hydrogen-bond donors (Lipinski definition) is 0. The highest BCUT2D eigenvalue weighted by molar-refractivity contribution is 5.33. The fourth-order valence-corrected chi connectivity index (χ4v) is 1.69. The van der Waals surface area contributed by atoms with E-state index in [0.29, 0.717) is 0 Å². The molecule has 0 saturated heterocycles. The zero-order valence-electron chi connectivity index (χ0n) is 7.93. The molecule has 0 amide bonds. The second-order valence-electron chi connectivity index (χ2n) is 3.68. The lowest BCUT2D eigenvalue weighted by Gasteiger charge is -2.14. The third-order valence-corrected chi connectivity index (χ3v) is 2.71. The van der Waals surface area contributed by atoms with Crippen LogP contribution < -0.4 is 0 Å². The molecule has 1 aliphatic carbocycles. The van der Waals surface area contributed by atoms with E-state index in [4.69, 9.17) is 4.74 Å². The fraction of sp³-hybridized carbons (Fsp3) is 0.455. The predicted octanol–water partition coefficient (Wildman–Crippen LogP) is 2.77. The van der Waals surface area contributed by atoms with Crippen LogP contribution in [0.1, 0.15) is 24.0 Å². The van der Waals surface area contributed by atoms with Gasteiger partial charge < -0.3 is 4.74 Å². The van der Waals surface area contributed by atoms with Crippen LogP contribution in [0, 0.1) is 12.7 Å². The van der Waals surface area contributed by atoms with Gasteiger partial charge in [0.25, 0.3) is 0 Å². The second kappa shape index (κ2) is 2.81. The molecule has 70 valence electrons. The van der Waals surface area contributed by atoms with Gasteiger partial charge in [-0.15, -0.1) is 0 Å². The van der Waals surface area contributed by atoms with Crippen molar-refractivity contribution in [1.82, 2.24) is 0 Å². The first-order valence-electron chi connectivity index (χ1n) is 4.50. The lowest BCUT2D eigenvalue weighted by atomic mass is 10.0. The van der Waals surface area contributed by atoms with Gasteiger partial charge in [-0.25, -0.2) is 4.39 Å². The Bertz CT molecular complexity index is 329. The molecule has 1 aliphatic rings. The van der Waals surface area contributed by atoms with Crippen LogP contribution in [-0.2, 0) is 10.3 Å². The van der Waals surface area contributed by atoms with E-state index in [-0.39, 0.29) is 11.4 Å². The Kier molecular flexibility index (Phi) is 1.88. The molecule has 0 unspecified atom stereocenters. The summed E-state index contributed by atoms with van der Waals surface area (Å²) in [6.07, 6.45) is 1.87. The standard InChI is InChI=1S/C11H13FO/c1-8-3-4-10(12)9(7-8)11(13-2)5-6-11/h3-4,7H,5-6H2,1-2H3. The molecule has 1 fully saturated rings. The third-order valence-electron chi connectivity index (χ3n) is 2.71. The summed E-state index contributed by atoms with van der Waals surface area (Å²) in [6.45, 7) is 1.97. The predicted molar refractivity (Wildman–Crippen MR) is 49.1 cm³/mol. The number of methoxy groups -OCH3 is 1. The fourth-order valence-electron chi connectivity index (χ4n) is 1.69. The molecule has 0 spiro atoms. The number of aryl methyl sites for hydroxylation is 1. The number of hydrogen-bond acceptors (Lipinski definition) is 1. The SMILES string of the molecule is COC1(c2cc(C)ccc2F)CC1. The maximum atomic E-state index is 13.4. The van der Waals surface area contributed by atoms with Gasteiger partial charge in [-0.2, -0.15) is 0 Å². The molecule has 0 heterocycles. The van der Waals surface area contributed by atoms with Crippen molar-refractivity contribution in [3.8, 4) is 0 Å². The lowest BCUT2D eigenvalue weighted by molar-refractivity contribution is 0.0756. The molecular formula is C11H13FO. The van der Waals surface area contributed by atoms with Crippen LogP contribution in [0.4, 0.5) is 4.39 Å². The van der Waals surface area contributed by atoms with Gasteiger partial charge in [0.2, 0.25) is 0 Å². The Balaban J connectivity index is 2.44. The molecule has 1 nitrogen and oxygen atoms in total. The van der Waals surface area contributed by atoms with E-state index in [1.807, 2.05) is 13.0 Å². The molecule has 0 N–H and O–H groups in total. The number of ether oxygens (including phenoxy) is 1. The molecule has 1 aromatic carbocycles. The average molecular weight is 180 g/mol. The Morgan fingerprint density at radius 3 is 2.62 bits per heavy atom. The molecule has 0 atom stereocenters. The van der Waals surface area contributed by atoms with Gasteiger partial charge in [0.15, 0.2) is 0 Å². The summed E-state index contributed by atoms with van der Waals surface area (Å²) in [4.78, 5) is 0. The maximum absolute atomic E-state index is 13.4. The molecule has 0 aromatic heterocycles. The summed E-state index contributed by atoms with van der Waals surface area (Å²) in [5.41, 5.74) is 1.49. The van der Waals surface area contributed by atoms with E-state index in [0.717, 1.165) is 24.0 Å². The van der Waals surface area contributed by atoms with Crippen molar-refractivity contribution in [2.45, 2.75) is 25.4 Å². The smallest absolute Gasteiger partial charge is 0.129 e. The van der Waals surface area contributed by atoms with Crippen LogP contribution in [0.25, 0.3) is 0 Å². The Morgan fingerprint density at radius 2 is 2.08 bits per heavy atom. The first-order chi connectivity index (χ1) is 6.18. The van der Waals surface area contributed by atoms with Crippen LogP contribution >= 0.6 is 0 Å². The van der Waals surface area contributed by atoms with Crippen LogP contribution in [-0.4, -0.2) is 7.11 Å². The van der Waals surface area contributed by atoms with Gasteiger partial charge in [0, 0.05) is 12.7 Å². The van der Waals surface area contributed by atoms with Crippen LogP contribution in [0.15, 0.2) is 18.2 Å². The Morgan fingerprint density at radius 1 is 1.38 bits per heavy atom. The Hall–Kier alpha value is -0.890. The zero-order chi connectivity index (χ0) is 9.47. The van der Waals surface area contributed by atoms with Crippen molar-refractivity contribution in [3.63, 3.8) is 0 Å². The van der Waals surface area contributed by atoms with Crippen molar-refractivity contribution in [2.75, 3.05) is 7.11 Å². The monoisotopic (exact) mass is 180 g/mol. The summed E-state index contributed by atoms with van der Waals surface area (Å²) >= 11 is 0. The minimum atomic E-state index is -0.309. The lowest BCUT2D eigenvalue weighted by Crippen LogP contribution is -2.11. The van der Waals surface area contributed by atoms with Gasteiger partial charge in [0.1, 0.15) is 5.82 Å². The maximum Gasteiger partial charge on any atom is 0.129 e.